The van der Waals surface area contributed by atoms with E-state index in [2.05, 4.69) is 12.2 Å². The van der Waals surface area contributed by atoms with Gasteiger partial charge < -0.3 is 9.73 Å². The summed E-state index contributed by atoms with van der Waals surface area (Å²) in [4.78, 5) is 1.50. The van der Waals surface area contributed by atoms with Gasteiger partial charge in [0, 0.05) is 40.3 Å². The summed E-state index contributed by atoms with van der Waals surface area (Å²) in [5.74, 6) is 0.987. The average Bonchev–Trinajstić information content (AvgIpc) is 3.01. The maximum Gasteiger partial charge on any atom is 0.153 e. The zero-order chi connectivity index (χ0) is 16.7. The standard InChI is InChI=1S/C19H18ClNO2S/c1-2-12-3-5-13(6-4-12)24(22)14-9-15-16-11-21-8-7-18(16)23-19(15)17(20)10-14/h3-6,9-10,21H,2,7-8,11H2,1H3. The first-order valence-electron chi connectivity index (χ1n) is 8.12. The van der Waals surface area contributed by atoms with E-state index in [1.807, 2.05) is 30.3 Å². The molecule has 0 spiro atoms. The molecule has 124 valence electrons. The third-order valence-corrected chi connectivity index (χ3v) is 6.14. The molecule has 0 saturated heterocycles. The van der Waals surface area contributed by atoms with Crippen LogP contribution in [0.3, 0.4) is 0 Å². The molecule has 5 heteroatoms. The quantitative estimate of drug-likeness (QED) is 0.750. The van der Waals surface area contributed by atoms with Crippen molar-refractivity contribution in [2.45, 2.75) is 36.1 Å². The van der Waals surface area contributed by atoms with Gasteiger partial charge >= 0.3 is 0 Å². The first-order valence-corrected chi connectivity index (χ1v) is 9.65. The number of hydrogen-bond acceptors (Lipinski definition) is 3. The molecular weight excluding hydrogens is 342 g/mol. The van der Waals surface area contributed by atoms with E-state index in [4.69, 9.17) is 16.0 Å². The number of furan rings is 1. The van der Waals surface area contributed by atoms with Gasteiger partial charge in [-0.05, 0) is 36.2 Å². The molecule has 0 saturated carbocycles. The normalized spacial score (nSPS) is 15.4. The van der Waals surface area contributed by atoms with E-state index in [1.54, 1.807) is 6.07 Å². The average molecular weight is 360 g/mol. The summed E-state index contributed by atoms with van der Waals surface area (Å²) in [5.41, 5.74) is 3.07. The highest BCUT2D eigenvalue weighted by molar-refractivity contribution is 7.85. The fraction of sp³-hybridized carbons (Fsp3) is 0.263. The van der Waals surface area contributed by atoms with Crippen molar-refractivity contribution in [1.29, 1.82) is 0 Å². The lowest BCUT2D eigenvalue weighted by Gasteiger charge is -2.11. The van der Waals surface area contributed by atoms with Gasteiger partial charge in [0.25, 0.3) is 0 Å². The van der Waals surface area contributed by atoms with E-state index in [-0.39, 0.29) is 0 Å². The summed E-state index contributed by atoms with van der Waals surface area (Å²) < 4.78 is 18.9. The van der Waals surface area contributed by atoms with Gasteiger partial charge in [-0.3, -0.25) is 0 Å². The smallest absolute Gasteiger partial charge is 0.153 e. The van der Waals surface area contributed by atoms with E-state index in [1.165, 1.54) is 5.56 Å². The highest BCUT2D eigenvalue weighted by Gasteiger charge is 2.21. The minimum atomic E-state index is -1.25. The van der Waals surface area contributed by atoms with Crippen LogP contribution in [0.2, 0.25) is 5.02 Å². The van der Waals surface area contributed by atoms with Gasteiger partial charge in [0.1, 0.15) is 5.76 Å². The zero-order valence-corrected chi connectivity index (χ0v) is 15.0. The van der Waals surface area contributed by atoms with Crippen LogP contribution in [0.15, 0.2) is 50.6 Å². The van der Waals surface area contributed by atoms with Gasteiger partial charge in [0.05, 0.1) is 15.8 Å². The van der Waals surface area contributed by atoms with Crippen LogP contribution in [-0.2, 0) is 30.2 Å². The second kappa shape index (κ2) is 6.36. The molecule has 1 atom stereocenters. The number of rotatable bonds is 3. The third-order valence-electron chi connectivity index (χ3n) is 4.49. The molecule has 1 aliphatic rings. The third kappa shape index (κ3) is 2.69. The Morgan fingerprint density at radius 1 is 1.21 bits per heavy atom. The summed E-state index contributed by atoms with van der Waals surface area (Å²) in [7, 11) is -1.25. The van der Waals surface area contributed by atoms with E-state index >= 15 is 0 Å². The lowest BCUT2D eigenvalue weighted by atomic mass is 10.1. The van der Waals surface area contributed by atoms with Crippen LogP contribution in [0.4, 0.5) is 0 Å². The molecule has 0 radical (unpaired) electrons. The van der Waals surface area contributed by atoms with Crippen LogP contribution in [0.25, 0.3) is 11.0 Å². The van der Waals surface area contributed by atoms with Crippen LogP contribution in [0.1, 0.15) is 23.8 Å². The summed E-state index contributed by atoms with van der Waals surface area (Å²) in [5, 5.41) is 4.85. The zero-order valence-electron chi connectivity index (χ0n) is 13.4. The lowest BCUT2D eigenvalue weighted by molar-refractivity contribution is 0.500. The molecule has 1 aromatic heterocycles. The Morgan fingerprint density at radius 2 is 2.00 bits per heavy atom. The molecule has 2 aromatic carbocycles. The number of fused-ring (bicyclic) bond motifs is 3. The van der Waals surface area contributed by atoms with E-state index in [0.717, 1.165) is 47.5 Å². The fourth-order valence-corrected chi connectivity index (χ4v) is 4.56. The van der Waals surface area contributed by atoms with E-state index in [9.17, 15) is 4.21 Å². The number of aryl methyl sites for hydroxylation is 1. The molecule has 2 heterocycles. The van der Waals surface area contributed by atoms with Crippen molar-refractivity contribution in [3.8, 4) is 0 Å². The van der Waals surface area contributed by atoms with Crippen molar-refractivity contribution in [2.24, 2.45) is 0 Å². The molecule has 4 rings (SSSR count). The largest absolute Gasteiger partial charge is 0.459 e. The number of benzene rings is 2. The monoisotopic (exact) mass is 359 g/mol. The highest BCUT2D eigenvalue weighted by Crippen LogP contribution is 2.35. The van der Waals surface area contributed by atoms with Gasteiger partial charge in [-0.1, -0.05) is 30.7 Å². The van der Waals surface area contributed by atoms with Gasteiger partial charge in [-0.25, -0.2) is 4.21 Å². The van der Waals surface area contributed by atoms with Crippen LogP contribution >= 0.6 is 11.6 Å². The minimum Gasteiger partial charge on any atom is -0.459 e. The Bertz CT molecular complexity index is 931. The Morgan fingerprint density at radius 3 is 2.75 bits per heavy atom. The van der Waals surface area contributed by atoms with Gasteiger partial charge in [0.2, 0.25) is 0 Å². The van der Waals surface area contributed by atoms with Crippen molar-refractivity contribution in [1.82, 2.24) is 5.32 Å². The van der Waals surface area contributed by atoms with Crippen molar-refractivity contribution < 1.29 is 8.63 Å². The molecule has 0 amide bonds. The first kappa shape index (κ1) is 15.9. The molecule has 1 aliphatic heterocycles. The Labute approximate surface area is 148 Å². The summed E-state index contributed by atoms with van der Waals surface area (Å²) in [6, 6.07) is 11.6. The molecule has 0 bridgehead atoms. The molecule has 3 nitrogen and oxygen atoms in total. The van der Waals surface area contributed by atoms with Gasteiger partial charge in [-0.15, -0.1) is 0 Å². The van der Waals surface area contributed by atoms with E-state index in [0.29, 0.717) is 15.5 Å². The molecule has 1 unspecified atom stereocenters. The predicted molar refractivity (Wildman–Crippen MR) is 97.1 cm³/mol. The first-order chi connectivity index (χ1) is 11.7. The maximum absolute atomic E-state index is 12.9. The minimum absolute atomic E-state index is 0.524. The summed E-state index contributed by atoms with van der Waals surface area (Å²) in [6.45, 7) is 3.78. The molecule has 0 fully saturated rings. The van der Waals surface area contributed by atoms with Crippen LogP contribution in [0.5, 0.6) is 0 Å². The van der Waals surface area contributed by atoms with Crippen molar-refractivity contribution in [2.75, 3.05) is 6.54 Å². The Kier molecular flexibility index (Phi) is 4.21. The van der Waals surface area contributed by atoms with Crippen molar-refractivity contribution >= 4 is 33.4 Å². The molecule has 3 aromatic rings. The molecule has 1 N–H and O–H groups in total. The summed E-state index contributed by atoms with van der Waals surface area (Å²) >= 11 is 6.41. The second-order valence-electron chi connectivity index (χ2n) is 5.98. The summed E-state index contributed by atoms with van der Waals surface area (Å²) in [6.07, 6.45) is 1.83. The Hall–Kier alpha value is -1.62. The van der Waals surface area contributed by atoms with Gasteiger partial charge in [-0.2, -0.15) is 0 Å². The molecule has 0 aliphatic carbocycles. The van der Waals surface area contributed by atoms with Crippen LogP contribution < -0.4 is 5.32 Å². The molecule has 24 heavy (non-hydrogen) atoms. The number of halogens is 1. The highest BCUT2D eigenvalue weighted by atomic mass is 35.5. The lowest BCUT2D eigenvalue weighted by Crippen LogP contribution is -2.22. The van der Waals surface area contributed by atoms with E-state index < -0.39 is 10.8 Å². The number of hydrogen-bond donors (Lipinski definition) is 1. The Balaban J connectivity index is 1.79. The fourth-order valence-electron chi connectivity index (χ4n) is 3.13. The maximum atomic E-state index is 12.9. The molecular formula is C19H18ClNO2S. The van der Waals surface area contributed by atoms with Crippen molar-refractivity contribution in [3.05, 3.63) is 58.3 Å². The SMILES string of the molecule is CCc1ccc(S(=O)c2cc(Cl)c3oc4c(c3c2)CNCC4)cc1. The van der Waals surface area contributed by atoms with Crippen molar-refractivity contribution in [3.63, 3.8) is 0 Å². The van der Waals surface area contributed by atoms with Gasteiger partial charge in [0.15, 0.2) is 5.58 Å². The second-order valence-corrected chi connectivity index (χ2v) is 7.87. The van der Waals surface area contributed by atoms with Crippen LogP contribution in [-0.4, -0.2) is 10.8 Å². The van der Waals surface area contributed by atoms with Crippen LogP contribution in [0, 0.1) is 0 Å². The predicted octanol–water partition coefficient (Wildman–Crippen LogP) is 4.46. The number of nitrogens with one attached hydrogen (secondary N) is 1. The topological polar surface area (TPSA) is 42.2 Å².